The van der Waals surface area contributed by atoms with E-state index in [-0.39, 0.29) is 17.2 Å². The molecule has 120 valence electrons. The lowest BCUT2D eigenvalue weighted by Gasteiger charge is -2.27. The molecular formula is C16H22ClN3O2. The molecule has 0 spiro atoms. The summed E-state index contributed by atoms with van der Waals surface area (Å²) in [7, 11) is 0. The zero-order chi connectivity index (χ0) is 16.5. The Labute approximate surface area is 135 Å². The SMILES string of the molecule is CC(C)(C)[C@H](N)C(=O)NC1CCN(c2ccccc2Cl)C1=O. The minimum atomic E-state index is -0.658. The summed E-state index contributed by atoms with van der Waals surface area (Å²) >= 11 is 6.13. The second kappa shape index (κ2) is 6.26. The first kappa shape index (κ1) is 16.8. The lowest BCUT2D eigenvalue weighted by Crippen LogP contribution is -2.53. The van der Waals surface area contributed by atoms with Crippen molar-refractivity contribution in [2.45, 2.75) is 39.3 Å². The highest BCUT2D eigenvalue weighted by atomic mass is 35.5. The van der Waals surface area contributed by atoms with E-state index in [0.29, 0.717) is 23.7 Å². The third-order valence-corrected chi connectivity index (χ3v) is 4.20. The second-order valence-electron chi connectivity index (χ2n) is 6.63. The maximum atomic E-state index is 12.5. The summed E-state index contributed by atoms with van der Waals surface area (Å²) in [5.74, 6) is -0.450. The van der Waals surface area contributed by atoms with Crippen LogP contribution < -0.4 is 16.0 Å². The molecule has 2 amide bonds. The molecular weight excluding hydrogens is 302 g/mol. The Balaban J connectivity index is 2.06. The number of rotatable bonds is 3. The largest absolute Gasteiger partial charge is 0.343 e. The summed E-state index contributed by atoms with van der Waals surface area (Å²) in [6.07, 6.45) is 0.548. The first-order chi connectivity index (χ1) is 10.2. The molecule has 1 heterocycles. The highest BCUT2D eigenvalue weighted by Gasteiger charge is 2.36. The van der Waals surface area contributed by atoms with E-state index in [4.69, 9.17) is 17.3 Å². The zero-order valence-electron chi connectivity index (χ0n) is 13.1. The predicted octanol–water partition coefficient (Wildman–Crippen LogP) is 1.93. The van der Waals surface area contributed by atoms with Crippen molar-refractivity contribution in [1.29, 1.82) is 0 Å². The molecule has 1 fully saturated rings. The fourth-order valence-corrected chi connectivity index (χ4v) is 2.62. The van der Waals surface area contributed by atoms with E-state index in [1.165, 1.54) is 0 Å². The van der Waals surface area contributed by atoms with Crippen LogP contribution in [0.15, 0.2) is 24.3 Å². The van der Waals surface area contributed by atoms with Crippen LogP contribution in [-0.2, 0) is 9.59 Å². The first-order valence-corrected chi connectivity index (χ1v) is 7.71. The number of amides is 2. The van der Waals surface area contributed by atoms with Crippen LogP contribution in [0.2, 0.25) is 5.02 Å². The zero-order valence-corrected chi connectivity index (χ0v) is 13.9. The number of hydrogen-bond donors (Lipinski definition) is 2. The monoisotopic (exact) mass is 323 g/mol. The normalized spacial score (nSPS) is 20.1. The Morgan fingerprint density at radius 1 is 1.41 bits per heavy atom. The Morgan fingerprint density at radius 3 is 2.64 bits per heavy atom. The van der Waals surface area contributed by atoms with Crippen molar-refractivity contribution >= 4 is 29.1 Å². The van der Waals surface area contributed by atoms with Crippen molar-refractivity contribution in [3.63, 3.8) is 0 Å². The molecule has 6 heteroatoms. The van der Waals surface area contributed by atoms with Crippen LogP contribution in [0.25, 0.3) is 0 Å². The molecule has 0 radical (unpaired) electrons. The summed E-state index contributed by atoms with van der Waals surface area (Å²) in [5, 5.41) is 3.28. The maximum absolute atomic E-state index is 12.5. The summed E-state index contributed by atoms with van der Waals surface area (Å²) < 4.78 is 0. The van der Waals surface area contributed by atoms with E-state index in [1.807, 2.05) is 32.9 Å². The lowest BCUT2D eigenvalue weighted by atomic mass is 9.87. The molecule has 0 aromatic heterocycles. The second-order valence-corrected chi connectivity index (χ2v) is 7.04. The Bertz CT molecular complexity index is 583. The molecule has 0 saturated carbocycles. The molecule has 0 bridgehead atoms. The van der Waals surface area contributed by atoms with Crippen molar-refractivity contribution < 1.29 is 9.59 Å². The summed E-state index contributed by atoms with van der Waals surface area (Å²) in [5.41, 5.74) is 6.25. The van der Waals surface area contributed by atoms with Crippen LogP contribution >= 0.6 is 11.6 Å². The van der Waals surface area contributed by atoms with Crippen LogP contribution in [0.1, 0.15) is 27.2 Å². The van der Waals surface area contributed by atoms with Gasteiger partial charge in [-0.25, -0.2) is 0 Å². The summed E-state index contributed by atoms with van der Waals surface area (Å²) in [6, 6.07) is 5.98. The van der Waals surface area contributed by atoms with Crippen molar-refractivity contribution in [2.75, 3.05) is 11.4 Å². The fraction of sp³-hybridized carbons (Fsp3) is 0.500. The number of halogens is 1. The quantitative estimate of drug-likeness (QED) is 0.892. The maximum Gasteiger partial charge on any atom is 0.249 e. The molecule has 22 heavy (non-hydrogen) atoms. The topological polar surface area (TPSA) is 75.4 Å². The first-order valence-electron chi connectivity index (χ1n) is 7.33. The van der Waals surface area contributed by atoms with Crippen molar-refractivity contribution in [2.24, 2.45) is 11.1 Å². The third kappa shape index (κ3) is 3.42. The number of anilines is 1. The minimum Gasteiger partial charge on any atom is -0.343 e. The van der Waals surface area contributed by atoms with Crippen LogP contribution in [-0.4, -0.2) is 30.4 Å². The van der Waals surface area contributed by atoms with Gasteiger partial charge in [0.2, 0.25) is 11.8 Å². The van der Waals surface area contributed by atoms with E-state index in [9.17, 15) is 9.59 Å². The highest BCUT2D eigenvalue weighted by molar-refractivity contribution is 6.34. The van der Waals surface area contributed by atoms with Crippen molar-refractivity contribution in [3.05, 3.63) is 29.3 Å². The van der Waals surface area contributed by atoms with Gasteiger partial charge in [0.15, 0.2) is 0 Å². The average Bonchev–Trinajstić information content (AvgIpc) is 2.79. The van der Waals surface area contributed by atoms with Crippen LogP contribution in [0, 0.1) is 5.41 Å². The van der Waals surface area contributed by atoms with Gasteiger partial charge >= 0.3 is 0 Å². The molecule has 2 atom stereocenters. The van der Waals surface area contributed by atoms with Gasteiger partial charge in [0, 0.05) is 6.54 Å². The van der Waals surface area contributed by atoms with Crippen LogP contribution in [0.4, 0.5) is 5.69 Å². The van der Waals surface area contributed by atoms with E-state index in [1.54, 1.807) is 17.0 Å². The Kier molecular flexibility index (Phi) is 4.78. The molecule has 1 unspecified atom stereocenters. The molecule has 5 nitrogen and oxygen atoms in total. The van der Waals surface area contributed by atoms with Gasteiger partial charge in [0.1, 0.15) is 6.04 Å². The highest BCUT2D eigenvalue weighted by Crippen LogP contribution is 2.29. The molecule has 0 aliphatic carbocycles. The number of nitrogens with zero attached hydrogens (tertiary/aromatic N) is 1. The average molecular weight is 324 g/mol. The summed E-state index contributed by atoms with van der Waals surface area (Å²) in [6.45, 7) is 6.20. The van der Waals surface area contributed by atoms with Crippen LogP contribution in [0.5, 0.6) is 0 Å². The van der Waals surface area contributed by atoms with Gasteiger partial charge in [0.25, 0.3) is 0 Å². The summed E-state index contributed by atoms with van der Waals surface area (Å²) in [4.78, 5) is 26.3. The Morgan fingerprint density at radius 2 is 2.05 bits per heavy atom. The molecule has 1 aliphatic heterocycles. The van der Waals surface area contributed by atoms with E-state index < -0.39 is 12.1 Å². The number of benzene rings is 1. The van der Waals surface area contributed by atoms with Gasteiger partial charge in [-0.1, -0.05) is 44.5 Å². The minimum absolute atomic E-state index is 0.150. The van der Waals surface area contributed by atoms with Gasteiger partial charge in [0.05, 0.1) is 16.8 Å². The standard InChI is InChI=1S/C16H22ClN3O2/c1-16(2,3)13(18)14(21)19-11-8-9-20(15(11)22)12-7-5-4-6-10(12)17/h4-7,11,13H,8-9,18H2,1-3H3,(H,19,21)/t11?,13-/m1/s1. The molecule has 2 rings (SSSR count). The number of nitrogens with two attached hydrogens (primary N) is 1. The molecule has 1 aromatic rings. The number of carbonyl (C=O) groups excluding carboxylic acids is 2. The van der Waals surface area contributed by atoms with E-state index in [2.05, 4.69) is 5.32 Å². The van der Waals surface area contributed by atoms with Gasteiger partial charge in [-0.3, -0.25) is 9.59 Å². The van der Waals surface area contributed by atoms with Gasteiger partial charge in [-0.15, -0.1) is 0 Å². The molecule has 1 aliphatic rings. The number of hydrogen-bond acceptors (Lipinski definition) is 3. The van der Waals surface area contributed by atoms with Crippen LogP contribution in [0.3, 0.4) is 0 Å². The van der Waals surface area contributed by atoms with Gasteiger partial charge in [-0.05, 0) is 24.0 Å². The number of carbonyl (C=O) groups is 2. The number of para-hydroxylation sites is 1. The van der Waals surface area contributed by atoms with E-state index in [0.717, 1.165) is 0 Å². The van der Waals surface area contributed by atoms with Gasteiger partial charge in [-0.2, -0.15) is 0 Å². The Hall–Kier alpha value is -1.59. The number of nitrogens with one attached hydrogen (secondary N) is 1. The van der Waals surface area contributed by atoms with Crippen molar-refractivity contribution in [1.82, 2.24) is 5.32 Å². The van der Waals surface area contributed by atoms with E-state index >= 15 is 0 Å². The third-order valence-electron chi connectivity index (χ3n) is 3.88. The molecule has 1 saturated heterocycles. The lowest BCUT2D eigenvalue weighted by molar-refractivity contribution is -0.128. The predicted molar refractivity (Wildman–Crippen MR) is 87.8 cm³/mol. The smallest absolute Gasteiger partial charge is 0.249 e. The molecule has 1 aromatic carbocycles. The van der Waals surface area contributed by atoms with Crippen molar-refractivity contribution in [3.8, 4) is 0 Å². The molecule has 3 N–H and O–H groups in total. The fourth-order valence-electron chi connectivity index (χ4n) is 2.38. The van der Waals surface area contributed by atoms with Gasteiger partial charge < -0.3 is 16.0 Å².